The second-order valence-corrected chi connectivity index (χ2v) is 19.8. The van der Waals surface area contributed by atoms with Crippen molar-refractivity contribution in [2.24, 2.45) is 17.1 Å². The van der Waals surface area contributed by atoms with Gasteiger partial charge in [0.15, 0.2) is 12.0 Å². The molecule has 9 rings (SSSR count). The maximum atomic E-state index is 13.9. The van der Waals surface area contributed by atoms with E-state index in [1.54, 1.807) is 30.5 Å². The lowest BCUT2D eigenvalue weighted by molar-refractivity contribution is -0.134. The van der Waals surface area contributed by atoms with Crippen LogP contribution in [0.5, 0.6) is 0 Å². The van der Waals surface area contributed by atoms with E-state index < -0.39 is 11.7 Å². The van der Waals surface area contributed by atoms with Gasteiger partial charge >= 0.3 is 0 Å². The van der Waals surface area contributed by atoms with E-state index in [4.69, 9.17) is 16.1 Å². The molecule has 0 unspecified atom stereocenters. The van der Waals surface area contributed by atoms with Crippen molar-refractivity contribution in [2.45, 2.75) is 44.6 Å². The Labute approximate surface area is 414 Å². The van der Waals surface area contributed by atoms with Crippen molar-refractivity contribution in [3.05, 3.63) is 118 Å². The molecule has 0 radical (unpaired) electrons. The molecule has 6 N–H and O–H groups in total. The van der Waals surface area contributed by atoms with E-state index >= 15 is 0 Å². The molecule has 71 heavy (non-hydrogen) atoms. The van der Waals surface area contributed by atoms with Gasteiger partial charge in [0.05, 0.1) is 30.0 Å². The number of carbonyl (C=O) groups is 5. The zero-order valence-corrected chi connectivity index (χ0v) is 40.6. The fourth-order valence-corrected chi connectivity index (χ4v) is 10.2. The summed E-state index contributed by atoms with van der Waals surface area (Å²) < 4.78 is 13.3. The first-order chi connectivity index (χ1) is 34.3. The van der Waals surface area contributed by atoms with Crippen molar-refractivity contribution in [2.75, 3.05) is 111 Å². The molecule has 2 aromatic carbocycles. The van der Waals surface area contributed by atoms with Gasteiger partial charge in [-0.1, -0.05) is 24.3 Å². The Morgan fingerprint density at radius 2 is 1.61 bits per heavy atom. The number of nitrogens with zero attached hydrogens (tertiary/aromatic N) is 8. The van der Waals surface area contributed by atoms with Gasteiger partial charge in [-0.3, -0.25) is 28.9 Å². The second-order valence-electron chi connectivity index (χ2n) is 19.8. The number of amides is 4. The third-order valence-electron chi connectivity index (χ3n) is 14.6. The predicted octanol–water partition coefficient (Wildman–Crippen LogP) is 2.66. The Morgan fingerprint density at radius 3 is 2.27 bits per heavy atom. The van der Waals surface area contributed by atoms with E-state index in [-0.39, 0.29) is 47.5 Å². The lowest BCUT2D eigenvalue weighted by atomic mass is 9.57. The minimum absolute atomic E-state index is 0.0523. The predicted molar refractivity (Wildman–Crippen MR) is 267 cm³/mol. The van der Waals surface area contributed by atoms with Crippen LogP contribution in [-0.2, 0) is 22.6 Å². The Kier molecular flexibility index (Phi) is 17.0. The fraction of sp³-hybridized carbons (Fsp3) is 0.481. The number of hydrogen-bond donors (Lipinski definition) is 5. The van der Waals surface area contributed by atoms with Crippen molar-refractivity contribution in [3.63, 3.8) is 0 Å². The van der Waals surface area contributed by atoms with Gasteiger partial charge in [0.2, 0.25) is 17.7 Å². The van der Waals surface area contributed by atoms with Crippen LogP contribution >= 0.6 is 0 Å². The summed E-state index contributed by atoms with van der Waals surface area (Å²) in [5.41, 5.74) is 9.83. The number of nitrogens with two attached hydrogens (primary N) is 1. The number of piperidine rings is 1. The molecular weight excluding hydrogens is 906 g/mol. The Balaban J connectivity index is 0.000000269. The standard InChI is InChI=1S/C36H53N11O3.C16H13FN2O2/c1-43-8-14-46(15-9-43)33(49)23-45-12-10-44(11-13-45)22-27-3-6-47(7-4-27)35(50)34-31(42-32(48)21-38-20-30-2-5-37-26-41-30)16-28(19-40-34)29-17-36(18-29)24-39-25-36;17-14-6-5-10(7-11(14)9-20)8-15(18)12-3-1-2-4-13(12)16(19)21/h2,5,16,19,26-27,29,38-39H,3-4,6-15,17-18,20-25H2,1H3,(H,42,48);1-7,9,18H,8H2,(H2,19,21). The van der Waals surface area contributed by atoms with Crippen LogP contribution in [0.1, 0.15) is 85.2 Å². The number of aldehydes is 1. The van der Waals surface area contributed by atoms with Gasteiger partial charge in [0.25, 0.3) is 5.91 Å². The number of rotatable bonds is 16. The number of primary amides is 1. The molecule has 4 aliphatic heterocycles. The maximum absolute atomic E-state index is 13.9. The largest absolute Gasteiger partial charge is 0.366 e. The summed E-state index contributed by atoms with van der Waals surface area (Å²) >= 11 is 0. The van der Waals surface area contributed by atoms with E-state index in [0.29, 0.717) is 72.2 Å². The van der Waals surface area contributed by atoms with Crippen LogP contribution in [0.2, 0.25) is 0 Å². The van der Waals surface area contributed by atoms with Crippen molar-refractivity contribution in [1.29, 1.82) is 5.41 Å². The number of anilines is 1. The number of benzene rings is 2. The minimum Gasteiger partial charge on any atom is -0.366 e. The summed E-state index contributed by atoms with van der Waals surface area (Å²) in [6, 6.07) is 14.4. The molecule has 2 aromatic heterocycles. The van der Waals surface area contributed by atoms with E-state index in [9.17, 15) is 28.4 Å². The summed E-state index contributed by atoms with van der Waals surface area (Å²) in [4.78, 5) is 85.7. The molecule has 5 aliphatic rings. The van der Waals surface area contributed by atoms with E-state index in [1.165, 1.54) is 24.5 Å². The van der Waals surface area contributed by atoms with Gasteiger partial charge in [-0.25, -0.2) is 19.3 Å². The number of nitrogens with one attached hydrogen (secondary N) is 4. The van der Waals surface area contributed by atoms with Gasteiger partial charge in [-0.15, -0.1) is 0 Å². The molecule has 4 amide bonds. The second kappa shape index (κ2) is 23.7. The van der Waals surface area contributed by atoms with Crippen molar-refractivity contribution < 1.29 is 28.4 Å². The molecular formula is C52H66FN13O5. The quantitative estimate of drug-likeness (QED) is 0.0806. The first-order valence-electron chi connectivity index (χ1n) is 24.7. The SMILES string of the molecule is CN1CCN(C(=O)CN2CCN(CC3CCN(C(=O)c4ncc(C5CC6(CNC6)C5)cc4NC(=O)CNCc4ccncn4)CC3)CC2)CC1.N=C(Cc1ccc(F)c(C=O)c1)c1ccccc1C(N)=O. The van der Waals surface area contributed by atoms with Gasteiger partial charge in [-0.05, 0) is 91.4 Å². The smallest absolute Gasteiger partial charge is 0.274 e. The van der Waals surface area contributed by atoms with Crippen LogP contribution in [0.25, 0.3) is 0 Å². The molecule has 6 heterocycles. The third kappa shape index (κ3) is 13.3. The Morgan fingerprint density at radius 1 is 0.887 bits per heavy atom. The van der Waals surface area contributed by atoms with Crippen LogP contribution < -0.4 is 21.7 Å². The maximum Gasteiger partial charge on any atom is 0.274 e. The lowest BCUT2D eigenvalue weighted by Crippen LogP contribution is -2.59. The molecule has 18 nitrogen and oxygen atoms in total. The molecule has 0 atom stereocenters. The Hall–Kier alpha value is -6.38. The summed E-state index contributed by atoms with van der Waals surface area (Å²) in [6.07, 6.45) is 9.73. The zero-order valence-electron chi connectivity index (χ0n) is 40.6. The van der Waals surface area contributed by atoms with Gasteiger partial charge < -0.3 is 46.7 Å². The van der Waals surface area contributed by atoms with Crippen molar-refractivity contribution in [1.82, 2.24) is 50.1 Å². The first-order valence-corrected chi connectivity index (χ1v) is 24.7. The monoisotopic (exact) mass is 972 g/mol. The number of likely N-dealkylation sites (tertiary alicyclic amines) is 1. The summed E-state index contributed by atoms with van der Waals surface area (Å²) in [5, 5.41) is 17.6. The Bertz CT molecular complexity index is 2530. The highest BCUT2D eigenvalue weighted by Gasteiger charge is 2.49. The normalized spacial score (nSPS) is 18.7. The van der Waals surface area contributed by atoms with E-state index in [0.717, 1.165) is 109 Å². The van der Waals surface area contributed by atoms with Crippen LogP contribution in [0.3, 0.4) is 0 Å². The number of piperazine rings is 2. The molecule has 4 aromatic rings. The lowest BCUT2D eigenvalue weighted by Gasteiger charge is -2.54. The molecule has 1 spiro atoms. The summed E-state index contributed by atoms with van der Waals surface area (Å²) in [6.45, 7) is 12.9. The molecule has 376 valence electrons. The summed E-state index contributed by atoms with van der Waals surface area (Å²) in [7, 11) is 2.11. The first kappa shape index (κ1) is 51.0. The van der Waals surface area contributed by atoms with Gasteiger partial charge in [0, 0.05) is 127 Å². The average Bonchev–Trinajstić information content (AvgIpc) is 3.35. The molecule has 19 heteroatoms. The highest BCUT2D eigenvalue weighted by Crippen LogP contribution is 2.53. The average molecular weight is 972 g/mol. The highest BCUT2D eigenvalue weighted by atomic mass is 19.1. The van der Waals surface area contributed by atoms with Gasteiger partial charge in [0.1, 0.15) is 12.1 Å². The molecule has 5 fully saturated rings. The third-order valence-corrected chi connectivity index (χ3v) is 14.6. The van der Waals surface area contributed by atoms with Crippen LogP contribution in [-0.4, -0.2) is 180 Å². The number of carbonyl (C=O) groups excluding carboxylic acids is 5. The minimum atomic E-state index is -0.608. The van der Waals surface area contributed by atoms with Crippen LogP contribution in [0.4, 0.5) is 10.1 Å². The number of pyridine rings is 1. The van der Waals surface area contributed by atoms with E-state index in [1.807, 2.05) is 28.1 Å². The number of likely N-dealkylation sites (N-methyl/N-ethyl adjacent to an activating group) is 1. The van der Waals surface area contributed by atoms with Crippen LogP contribution in [0, 0.1) is 22.6 Å². The van der Waals surface area contributed by atoms with Crippen molar-refractivity contribution >= 4 is 41.3 Å². The molecule has 4 saturated heterocycles. The van der Waals surface area contributed by atoms with E-state index in [2.05, 4.69) is 47.7 Å². The van der Waals surface area contributed by atoms with Crippen molar-refractivity contribution in [3.8, 4) is 0 Å². The number of hydrogen-bond acceptors (Lipinski definition) is 14. The highest BCUT2D eigenvalue weighted by molar-refractivity contribution is 6.09. The fourth-order valence-electron chi connectivity index (χ4n) is 10.2. The van der Waals surface area contributed by atoms with Crippen LogP contribution in [0.15, 0.2) is 73.3 Å². The van der Waals surface area contributed by atoms with Gasteiger partial charge in [-0.2, -0.15) is 0 Å². The molecule has 1 aliphatic carbocycles. The number of aromatic nitrogens is 3. The molecule has 0 bridgehead atoms. The number of halogens is 1. The zero-order chi connectivity index (χ0) is 49.9. The molecule has 1 saturated carbocycles. The topological polar surface area (TPSA) is 226 Å². The summed E-state index contributed by atoms with van der Waals surface area (Å²) in [5.74, 6) is -0.363.